The van der Waals surface area contributed by atoms with Gasteiger partial charge in [0.05, 0.1) is 42.6 Å². The molecule has 2 N–H and O–H groups in total. The monoisotopic (exact) mass is 498 g/mol. The van der Waals surface area contributed by atoms with E-state index in [-0.39, 0.29) is 24.0 Å². The van der Waals surface area contributed by atoms with Crippen molar-refractivity contribution in [3.8, 4) is 11.4 Å². The highest BCUT2D eigenvalue weighted by Gasteiger charge is 2.35. The van der Waals surface area contributed by atoms with Crippen LogP contribution in [-0.2, 0) is 17.7 Å². The molecule has 12 heteroatoms. The molecule has 1 fully saturated rings. The average Bonchev–Trinajstić information content (AvgIpc) is 3.26. The minimum atomic E-state index is -4.33. The van der Waals surface area contributed by atoms with Crippen molar-refractivity contribution in [1.82, 2.24) is 20.2 Å². The van der Waals surface area contributed by atoms with Crippen LogP contribution in [0, 0.1) is 5.82 Å². The van der Waals surface area contributed by atoms with E-state index >= 15 is 0 Å². The molecule has 1 aliphatic heterocycles. The molecule has 3 aromatic rings. The van der Waals surface area contributed by atoms with Crippen LogP contribution in [0.4, 0.5) is 29.2 Å². The quantitative estimate of drug-likeness (QED) is 0.447. The number of anilines is 2. The molecule has 0 radical (unpaired) electrons. The number of aryl methyl sites for hydroxylation is 1. The second-order valence-corrected chi connectivity index (χ2v) is 8.31. The Kier molecular flexibility index (Phi) is 7.22. The summed E-state index contributed by atoms with van der Waals surface area (Å²) in [6, 6.07) is 5.80. The maximum Gasteiger partial charge on any atom is 0.391 e. The van der Waals surface area contributed by atoms with Crippen molar-refractivity contribution in [2.24, 2.45) is 0 Å². The number of aromatic amines is 1. The van der Waals surface area contributed by atoms with Crippen LogP contribution in [0.15, 0.2) is 30.5 Å². The van der Waals surface area contributed by atoms with Crippen LogP contribution in [0.25, 0.3) is 11.4 Å². The highest BCUT2D eigenvalue weighted by atomic mass is 35.5. The highest BCUT2D eigenvalue weighted by molar-refractivity contribution is 6.31. The van der Waals surface area contributed by atoms with Gasteiger partial charge in [-0.3, -0.25) is 5.10 Å². The Hall–Kier alpha value is -2.92. The number of ether oxygens (including phenoxy) is 1. The first kappa shape index (κ1) is 24.2. The predicted octanol–water partition coefficient (Wildman–Crippen LogP) is 4.99. The van der Waals surface area contributed by atoms with Crippen LogP contribution in [0.5, 0.6) is 0 Å². The molecule has 0 bridgehead atoms. The molecule has 0 saturated carbocycles. The Morgan fingerprint density at radius 2 is 2.09 bits per heavy atom. The third-order valence-electron chi connectivity index (χ3n) is 5.45. The molecule has 1 unspecified atom stereocenters. The molecule has 3 heterocycles. The normalized spacial score (nSPS) is 16.6. The molecule has 1 aliphatic rings. The number of H-pyrrole nitrogens is 1. The minimum Gasteiger partial charge on any atom is -0.374 e. The first-order chi connectivity index (χ1) is 16.2. The molecule has 1 saturated heterocycles. The SMILES string of the molecule is CCc1cn[nH]c1CNc1cc(N2CCOC(CC(F)(F)F)C2)nc(-c2ccc(F)c(Cl)c2)n1. The van der Waals surface area contributed by atoms with E-state index in [4.69, 9.17) is 16.3 Å². The van der Waals surface area contributed by atoms with Gasteiger partial charge < -0.3 is 15.0 Å². The number of nitrogens with one attached hydrogen (secondary N) is 2. The standard InChI is InChI=1S/C22H23ClF4N6O/c1-2-13-10-29-32-18(13)11-28-19-8-20(33-5-6-34-15(12-33)9-22(25,26)27)31-21(30-19)14-3-4-17(24)16(23)7-14/h3-4,7-8,10,15H,2,5-6,9,11-12H2,1H3,(H,29,32)(H,28,30,31). The molecular weight excluding hydrogens is 476 g/mol. The number of aromatic nitrogens is 4. The molecule has 1 aromatic carbocycles. The molecule has 2 aromatic heterocycles. The van der Waals surface area contributed by atoms with Gasteiger partial charge in [0.15, 0.2) is 5.82 Å². The van der Waals surface area contributed by atoms with Crippen molar-refractivity contribution >= 4 is 23.2 Å². The molecular formula is C22H23ClF4N6O. The van der Waals surface area contributed by atoms with E-state index < -0.39 is 24.5 Å². The maximum atomic E-state index is 13.7. The van der Waals surface area contributed by atoms with Crippen LogP contribution < -0.4 is 10.2 Å². The highest BCUT2D eigenvalue weighted by Crippen LogP contribution is 2.29. The van der Waals surface area contributed by atoms with Crippen LogP contribution in [-0.4, -0.2) is 52.1 Å². The van der Waals surface area contributed by atoms with Crippen LogP contribution in [0.1, 0.15) is 24.6 Å². The smallest absolute Gasteiger partial charge is 0.374 e. The second kappa shape index (κ2) is 10.1. The lowest BCUT2D eigenvalue weighted by atomic mass is 10.2. The van der Waals surface area contributed by atoms with Gasteiger partial charge in [-0.05, 0) is 30.2 Å². The summed E-state index contributed by atoms with van der Waals surface area (Å²) in [5.41, 5.74) is 2.42. The van der Waals surface area contributed by atoms with E-state index in [1.54, 1.807) is 17.2 Å². The summed E-state index contributed by atoms with van der Waals surface area (Å²) in [6.45, 7) is 2.96. The minimum absolute atomic E-state index is 0.0279. The molecule has 34 heavy (non-hydrogen) atoms. The van der Waals surface area contributed by atoms with E-state index in [1.165, 1.54) is 18.2 Å². The molecule has 182 valence electrons. The largest absolute Gasteiger partial charge is 0.391 e. The number of hydrogen-bond donors (Lipinski definition) is 2. The first-order valence-electron chi connectivity index (χ1n) is 10.7. The molecule has 7 nitrogen and oxygen atoms in total. The molecule has 0 spiro atoms. The summed E-state index contributed by atoms with van der Waals surface area (Å²) in [6.07, 6.45) is -3.82. The molecule has 0 aliphatic carbocycles. The maximum absolute atomic E-state index is 13.7. The summed E-state index contributed by atoms with van der Waals surface area (Å²) in [5, 5.41) is 10.1. The third kappa shape index (κ3) is 5.95. The van der Waals surface area contributed by atoms with E-state index in [2.05, 4.69) is 25.5 Å². The van der Waals surface area contributed by atoms with Gasteiger partial charge in [-0.25, -0.2) is 14.4 Å². The topological polar surface area (TPSA) is 79.0 Å². The van der Waals surface area contributed by atoms with Gasteiger partial charge in [0.1, 0.15) is 17.5 Å². The zero-order valence-electron chi connectivity index (χ0n) is 18.3. The summed E-state index contributed by atoms with van der Waals surface area (Å²) in [7, 11) is 0. The first-order valence-corrected chi connectivity index (χ1v) is 11.1. The van der Waals surface area contributed by atoms with Crippen molar-refractivity contribution in [3.63, 3.8) is 0 Å². The van der Waals surface area contributed by atoms with Crippen LogP contribution in [0.3, 0.4) is 0 Å². The van der Waals surface area contributed by atoms with Gasteiger partial charge >= 0.3 is 6.18 Å². The van der Waals surface area contributed by atoms with Crippen molar-refractivity contribution in [1.29, 1.82) is 0 Å². The van der Waals surface area contributed by atoms with Crippen molar-refractivity contribution in [2.45, 2.75) is 38.6 Å². The van der Waals surface area contributed by atoms with Crippen LogP contribution >= 0.6 is 11.6 Å². The second-order valence-electron chi connectivity index (χ2n) is 7.90. The van der Waals surface area contributed by atoms with Gasteiger partial charge in [-0.1, -0.05) is 18.5 Å². The van der Waals surface area contributed by atoms with Gasteiger partial charge in [-0.15, -0.1) is 0 Å². The van der Waals surface area contributed by atoms with E-state index in [9.17, 15) is 17.6 Å². The van der Waals surface area contributed by atoms with Gasteiger partial charge in [0.25, 0.3) is 0 Å². The number of rotatable bonds is 7. The molecule has 1 atom stereocenters. The molecule has 0 amide bonds. The fraction of sp³-hybridized carbons (Fsp3) is 0.409. The average molecular weight is 499 g/mol. The number of halogens is 5. The lowest BCUT2D eigenvalue weighted by Crippen LogP contribution is -2.44. The van der Waals surface area contributed by atoms with Gasteiger partial charge in [-0.2, -0.15) is 18.3 Å². The van der Waals surface area contributed by atoms with E-state index in [1.807, 2.05) is 6.92 Å². The summed E-state index contributed by atoms with van der Waals surface area (Å²) in [5.74, 6) is 0.579. The zero-order chi connectivity index (χ0) is 24.3. The summed E-state index contributed by atoms with van der Waals surface area (Å²) < 4.78 is 57.7. The van der Waals surface area contributed by atoms with Gasteiger partial charge in [0.2, 0.25) is 0 Å². The number of alkyl halides is 3. The number of nitrogens with zero attached hydrogens (tertiary/aromatic N) is 4. The Labute approximate surface area is 198 Å². The summed E-state index contributed by atoms with van der Waals surface area (Å²) in [4.78, 5) is 10.8. The molecule has 4 rings (SSSR count). The predicted molar refractivity (Wildman–Crippen MR) is 120 cm³/mol. The number of benzene rings is 1. The summed E-state index contributed by atoms with van der Waals surface area (Å²) >= 11 is 5.94. The van der Waals surface area contributed by atoms with Gasteiger partial charge in [0, 0.05) is 24.7 Å². The Morgan fingerprint density at radius 1 is 1.26 bits per heavy atom. The van der Waals surface area contributed by atoms with E-state index in [0.717, 1.165) is 17.7 Å². The van der Waals surface area contributed by atoms with Crippen molar-refractivity contribution in [2.75, 3.05) is 29.9 Å². The Morgan fingerprint density at radius 3 is 2.82 bits per heavy atom. The Balaban J connectivity index is 1.64. The third-order valence-corrected chi connectivity index (χ3v) is 5.74. The van der Waals surface area contributed by atoms with Crippen molar-refractivity contribution in [3.05, 3.63) is 52.6 Å². The van der Waals surface area contributed by atoms with E-state index in [0.29, 0.717) is 30.3 Å². The number of morpholine rings is 1. The lowest BCUT2D eigenvalue weighted by molar-refractivity contribution is -0.161. The fourth-order valence-electron chi connectivity index (χ4n) is 3.73. The Bertz CT molecular complexity index is 1140. The van der Waals surface area contributed by atoms with Crippen LogP contribution in [0.2, 0.25) is 5.02 Å². The number of hydrogen-bond acceptors (Lipinski definition) is 6. The lowest BCUT2D eigenvalue weighted by Gasteiger charge is -2.34. The zero-order valence-corrected chi connectivity index (χ0v) is 19.0. The fourth-order valence-corrected chi connectivity index (χ4v) is 3.92. The van der Waals surface area contributed by atoms with Crippen molar-refractivity contribution < 1.29 is 22.3 Å².